The van der Waals surface area contributed by atoms with E-state index in [9.17, 15) is 18.0 Å². The minimum atomic E-state index is -4.10. The van der Waals surface area contributed by atoms with Gasteiger partial charge < -0.3 is 0 Å². The number of rotatable bonds is 2. The van der Waals surface area contributed by atoms with Crippen LogP contribution in [0.3, 0.4) is 0 Å². The Labute approximate surface area is 75.3 Å². The van der Waals surface area contributed by atoms with E-state index in [-0.39, 0.29) is 30.5 Å². The highest BCUT2D eigenvalue weighted by Crippen LogP contribution is 2.45. The van der Waals surface area contributed by atoms with Gasteiger partial charge in [-0.3, -0.25) is 4.79 Å². The van der Waals surface area contributed by atoms with E-state index in [1.807, 2.05) is 0 Å². The van der Waals surface area contributed by atoms with Crippen LogP contribution in [0.25, 0.3) is 0 Å². The zero-order chi connectivity index (χ0) is 10.2. The van der Waals surface area contributed by atoms with Gasteiger partial charge in [0.15, 0.2) is 0 Å². The molecule has 0 N–H and O–H groups in total. The predicted octanol–water partition coefficient (Wildman–Crippen LogP) is 2.80. The second-order valence-electron chi connectivity index (χ2n) is 3.96. The van der Waals surface area contributed by atoms with Gasteiger partial charge in [-0.25, -0.2) is 0 Å². The van der Waals surface area contributed by atoms with E-state index in [1.165, 1.54) is 0 Å². The van der Waals surface area contributed by atoms with Crippen LogP contribution in [0.4, 0.5) is 13.2 Å². The summed E-state index contributed by atoms with van der Waals surface area (Å²) in [4.78, 5) is 11.2. The zero-order valence-corrected chi connectivity index (χ0v) is 7.69. The predicted molar refractivity (Wildman–Crippen MR) is 42.1 cm³/mol. The van der Waals surface area contributed by atoms with Crippen LogP contribution >= 0.6 is 0 Å². The number of hydrogen-bond donors (Lipinski definition) is 0. The quantitative estimate of drug-likeness (QED) is 0.660. The van der Waals surface area contributed by atoms with Crippen LogP contribution in [0, 0.1) is 17.8 Å². The van der Waals surface area contributed by atoms with Gasteiger partial charge in [-0.2, -0.15) is 13.2 Å². The molecule has 0 bridgehead atoms. The first-order valence-corrected chi connectivity index (χ1v) is 4.42. The lowest BCUT2D eigenvalue weighted by Crippen LogP contribution is -2.40. The maximum Gasteiger partial charge on any atom is 0.391 e. The fraction of sp³-hybridized carbons (Fsp3) is 0.889. The number of hydrogen-bond acceptors (Lipinski definition) is 1. The molecular weight excluding hydrogens is 181 g/mol. The average molecular weight is 194 g/mol. The third-order valence-electron chi connectivity index (χ3n) is 2.57. The van der Waals surface area contributed by atoms with E-state index >= 15 is 0 Å². The van der Waals surface area contributed by atoms with Gasteiger partial charge >= 0.3 is 6.18 Å². The molecule has 1 aliphatic rings. The molecule has 0 saturated heterocycles. The lowest BCUT2D eigenvalue weighted by atomic mass is 9.70. The van der Waals surface area contributed by atoms with E-state index in [0.717, 1.165) is 0 Å². The molecule has 1 saturated carbocycles. The van der Waals surface area contributed by atoms with Gasteiger partial charge in [0.05, 0.1) is 5.92 Å². The Morgan fingerprint density at radius 2 is 1.77 bits per heavy atom. The lowest BCUT2D eigenvalue weighted by Gasteiger charge is -2.36. The van der Waals surface area contributed by atoms with Crippen LogP contribution in [0.15, 0.2) is 0 Å². The maximum absolute atomic E-state index is 12.0. The van der Waals surface area contributed by atoms with E-state index in [2.05, 4.69) is 0 Å². The van der Waals surface area contributed by atoms with Crippen LogP contribution in [-0.4, -0.2) is 12.0 Å². The fourth-order valence-corrected chi connectivity index (χ4v) is 1.59. The third kappa shape index (κ3) is 2.23. The SMILES string of the molecule is CC(C)C(=O)[C@H]1C[C@@H](C(F)(F)F)C1. The second-order valence-corrected chi connectivity index (χ2v) is 3.96. The summed E-state index contributed by atoms with van der Waals surface area (Å²) in [5.74, 6) is -1.74. The molecule has 0 atom stereocenters. The van der Waals surface area contributed by atoms with Gasteiger partial charge in [0.25, 0.3) is 0 Å². The summed E-state index contributed by atoms with van der Waals surface area (Å²) in [6, 6.07) is 0. The van der Waals surface area contributed by atoms with Crippen molar-refractivity contribution in [1.29, 1.82) is 0 Å². The largest absolute Gasteiger partial charge is 0.391 e. The third-order valence-corrected chi connectivity index (χ3v) is 2.57. The summed E-state index contributed by atoms with van der Waals surface area (Å²) in [6.45, 7) is 3.45. The van der Waals surface area contributed by atoms with Crippen molar-refractivity contribution < 1.29 is 18.0 Å². The van der Waals surface area contributed by atoms with Crippen LogP contribution in [0.1, 0.15) is 26.7 Å². The van der Waals surface area contributed by atoms with Crippen molar-refractivity contribution in [2.45, 2.75) is 32.9 Å². The number of halogens is 3. The summed E-state index contributed by atoms with van der Waals surface area (Å²) >= 11 is 0. The van der Waals surface area contributed by atoms with E-state index < -0.39 is 12.1 Å². The Morgan fingerprint density at radius 3 is 2.08 bits per heavy atom. The van der Waals surface area contributed by atoms with Gasteiger partial charge in [-0.05, 0) is 12.8 Å². The Kier molecular flexibility index (Phi) is 2.68. The number of Topliss-reactive ketones (excluding diaryl/α,β-unsaturated/α-hetero) is 1. The highest BCUT2D eigenvalue weighted by Gasteiger charge is 2.49. The van der Waals surface area contributed by atoms with Crippen molar-refractivity contribution in [3.63, 3.8) is 0 Å². The molecule has 0 unspecified atom stereocenters. The first-order valence-electron chi connectivity index (χ1n) is 4.42. The Bertz CT molecular complexity index is 201. The van der Waals surface area contributed by atoms with Crippen molar-refractivity contribution in [2.24, 2.45) is 17.8 Å². The first kappa shape index (κ1) is 10.5. The van der Waals surface area contributed by atoms with Gasteiger partial charge in [-0.15, -0.1) is 0 Å². The smallest absolute Gasteiger partial charge is 0.299 e. The molecule has 76 valence electrons. The number of ketones is 1. The monoisotopic (exact) mass is 194 g/mol. The Hall–Kier alpha value is -0.540. The van der Waals surface area contributed by atoms with Crippen molar-refractivity contribution in [3.8, 4) is 0 Å². The molecule has 0 radical (unpaired) electrons. The Balaban J connectivity index is 2.38. The molecular formula is C9H13F3O. The topological polar surface area (TPSA) is 17.1 Å². The molecule has 1 rings (SSSR count). The van der Waals surface area contributed by atoms with Crippen molar-refractivity contribution >= 4 is 5.78 Å². The summed E-state index contributed by atoms with van der Waals surface area (Å²) < 4.78 is 36.1. The molecule has 0 aromatic carbocycles. The second kappa shape index (κ2) is 3.31. The average Bonchev–Trinajstić information content (AvgIpc) is 1.79. The highest BCUT2D eigenvalue weighted by molar-refractivity contribution is 5.83. The molecule has 0 aromatic rings. The molecule has 1 nitrogen and oxygen atoms in total. The maximum atomic E-state index is 12.0. The van der Waals surface area contributed by atoms with E-state index in [1.54, 1.807) is 13.8 Å². The summed E-state index contributed by atoms with van der Waals surface area (Å²) in [5.41, 5.74) is 0. The fourth-order valence-electron chi connectivity index (χ4n) is 1.59. The lowest BCUT2D eigenvalue weighted by molar-refractivity contribution is -0.204. The minimum absolute atomic E-state index is 0.000509. The van der Waals surface area contributed by atoms with Crippen molar-refractivity contribution in [2.75, 3.05) is 0 Å². The van der Waals surface area contributed by atoms with Gasteiger partial charge in [0, 0.05) is 11.8 Å². The van der Waals surface area contributed by atoms with E-state index in [0.29, 0.717) is 0 Å². The number of alkyl halides is 3. The zero-order valence-electron chi connectivity index (χ0n) is 7.69. The summed E-state index contributed by atoms with van der Waals surface area (Å²) in [5, 5.41) is 0. The van der Waals surface area contributed by atoms with Crippen LogP contribution in [0.2, 0.25) is 0 Å². The van der Waals surface area contributed by atoms with Crippen molar-refractivity contribution in [3.05, 3.63) is 0 Å². The molecule has 1 fully saturated rings. The number of carbonyl (C=O) groups excluding carboxylic acids is 1. The summed E-state index contributed by atoms with van der Waals surface area (Å²) in [6.07, 6.45) is -4.10. The van der Waals surface area contributed by atoms with Gasteiger partial charge in [0.1, 0.15) is 5.78 Å². The number of carbonyl (C=O) groups is 1. The molecule has 0 aromatic heterocycles. The molecule has 4 heteroatoms. The van der Waals surface area contributed by atoms with Gasteiger partial charge in [-0.1, -0.05) is 13.8 Å². The van der Waals surface area contributed by atoms with E-state index in [4.69, 9.17) is 0 Å². The normalized spacial score (nSPS) is 28.8. The van der Waals surface area contributed by atoms with Crippen molar-refractivity contribution in [1.82, 2.24) is 0 Å². The van der Waals surface area contributed by atoms with Crippen LogP contribution in [-0.2, 0) is 4.79 Å². The summed E-state index contributed by atoms with van der Waals surface area (Å²) in [7, 11) is 0. The molecule has 0 aliphatic heterocycles. The molecule has 0 spiro atoms. The standard InChI is InChI=1S/C9H13F3O/c1-5(2)8(13)6-3-7(4-6)9(10,11)12/h5-7H,3-4H2,1-2H3/t6-,7+. The van der Waals surface area contributed by atoms with Crippen LogP contribution < -0.4 is 0 Å². The first-order chi connectivity index (χ1) is 5.82. The minimum Gasteiger partial charge on any atom is -0.299 e. The molecule has 0 heterocycles. The van der Waals surface area contributed by atoms with Crippen LogP contribution in [0.5, 0.6) is 0 Å². The molecule has 13 heavy (non-hydrogen) atoms. The Morgan fingerprint density at radius 1 is 1.31 bits per heavy atom. The molecule has 0 amide bonds. The molecule has 1 aliphatic carbocycles. The highest BCUT2D eigenvalue weighted by atomic mass is 19.4. The van der Waals surface area contributed by atoms with Gasteiger partial charge in [0.2, 0.25) is 0 Å².